The third-order valence-electron chi connectivity index (χ3n) is 3.98. The van der Waals surface area contributed by atoms with Crippen LogP contribution in [0, 0.1) is 20.8 Å². The van der Waals surface area contributed by atoms with Gasteiger partial charge in [-0.25, -0.2) is 0 Å². The van der Waals surface area contributed by atoms with E-state index in [9.17, 15) is 4.79 Å². The molecule has 3 rings (SSSR count). The van der Waals surface area contributed by atoms with E-state index < -0.39 is 0 Å². The number of nitrogens with one attached hydrogen (secondary N) is 1. The van der Waals surface area contributed by atoms with Crippen LogP contribution in [0.3, 0.4) is 0 Å². The van der Waals surface area contributed by atoms with Gasteiger partial charge < -0.3 is 9.84 Å². The lowest BCUT2D eigenvalue weighted by Gasteiger charge is -2.06. The lowest BCUT2D eigenvalue weighted by molar-refractivity contribution is 0.101. The predicted octanol–water partition coefficient (Wildman–Crippen LogP) is 5.17. The number of hydrogen-bond acceptors (Lipinski definition) is 3. The molecule has 4 nitrogen and oxygen atoms in total. The Morgan fingerprint density at radius 3 is 2.50 bits per heavy atom. The van der Waals surface area contributed by atoms with Crippen molar-refractivity contribution in [2.75, 3.05) is 5.32 Å². The first kappa shape index (κ1) is 16.3. The minimum atomic E-state index is -0.334. The molecule has 0 radical (unpaired) electrons. The highest BCUT2D eigenvalue weighted by atomic mass is 35.5. The standard InChI is InChI=1S/C19H17ClN2O2/c1-11-4-6-14(8-13(11)3)18-10-17(22-24-18)19(23)21-16-9-15(20)7-5-12(16)2/h4-10H,1-3H3,(H,21,23). The van der Waals surface area contributed by atoms with E-state index in [0.29, 0.717) is 16.5 Å². The first-order chi connectivity index (χ1) is 11.4. The van der Waals surface area contributed by atoms with Gasteiger partial charge in [0.05, 0.1) is 0 Å². The summed E-state index contributed by atoms with van der Waals surface area (Å²) in [4.78, 5) is 12.4. The van der Waals surface area contributed by atoms with Crippen LogP contribution in [0.1, 0.15) is 27.2 Å². The molecule has 0 aliphatic heterocycles. The Morgan fingerprint density at radius 2 is 1.75 bits per heavy atom. The van der Waals surface area contributed by atoms with Crippen LogP contribution >= 0.6 is 11.6 Å². The third kappa shape index (κ3) is 3.34. The molecule has 0 unspecified atom stereocenters. The van der Waals surface area contributed by atoms with Crippen LogP contribution in [0.25, 0.3) is 11.3 Å². The van der Waals surface area contributed by atoms with E-state index in [0.717, 1.165) is 16.7 Å². The van der Waals surface area contributed by atoms with Gasteiger partial charge in [-0.05, 0) is 55.7 Å². The minimum Gasteiger partial charge on any atom is -0.355 e. The summed E-state index contributed by atoms with van der Waals surface area (Å²) in [6.07, 6.45) is 0. The number of carbonyl (C=O) groups is 1. The third-order valence-corrected chi connectivity index (χ3v) is 4.22. The largest absolute Gasteiger partial charge is 0.355 e. The van der Waals surface area contributed by atoms with E-state index in [4.69, 9.17) is 16.1 Å². The second-order valence-corrected chi connectivity index (χ2v) is 6.23. The molecule has 1 heterocycles. The molecule has 2 aromatic carbocycles. The van der Waals surface area contributed by atoms with Gasteiger partial charge in [0.15, 0.2) is 11.5 Å². The van der Waals surface area contributed by atoms with Crippen LogP contribution in [0.5, 0.6) is 0 Å². The van der Waals surface area contributed by atoms with E-state index in [2.05, 4.69) is 10.5 Å². The van der Waals surface area contributed by atoms with Gasteiger partial charge >= 0.3 is 0 Å². The summed E-state index contributed by atoms with van der Waals surface area (Å²) >= 11 is 5.97. The molecule has 1 aromatic heterocycles. The molecule has 1 N–H and O–H groups in total. The Labute approximate surface area is 145 Å². The van der Waals surface area contributed by atoms with Gasteiger partial charge in [-0.3, -0.25) is 4.79 Å². The van der Waals surface area contributed by atoms with E-state index in [-0.39, 0.29) is 11.6 Å². The van der Waals surface area contributed by atoms with Crippen LogP contribution in [0.2, 0.25) is 5.02 Å². The molecule has 1 amide bonds. The fourth-order valence-corrected chi connectivity index (χ4v) is 2.50. The number of amides is 1. The number of rotatable bonds is 3. The number of hydrogen-bond donors (Lipinski definition) is 1. The predicted molar refractivity (Wildman–Crippen MR) is 95.6 cm³/mol. The molecule has 0 bridgehead atoms. The number of benzene rings is 2. The average Bonchev–Trinajstić information content (AvgIpc) is 3.03. The Morgan fingerprint density at radius 1 is 1.00 bits per heavy atom. The number of carbonyl (C=O) groups excluding carboxylic acids is 1. The topological polar surface area (TPSA) is 55.1 Å². The number of aryl methyl sites for hydroxylation is 3. The molecule has 0 aliphatic rings. The normalized spacial score (nSPS) is 10.7. The highest BCUT2D eigenvalue weighted by molar-refractivity contribution is 6.31. The van der Waals surface area contributed by atoms with Crippen LogP contribution in [0.4, 0.5) is 5.69 Å². The lowest BCUT2D eigenvalue weighted by atomic mass is 10.0. The molecule has 122 valence electrons. The molecular formula is C19H17ClN2O2. The highest BCUT2D eigenvalue weighted by Crippen LogP contribution is 2.24. The second kappa shape index (κ2) is 6.49. The van der Waals surface area contributed by atoms with Gasteiger partial charge in [-0.15, -0.1) is 0 Å². The van der Waals surface area contributed by atoms with E-state index in [1.165, 1.54) is 5.56 Å². The first-order valence-electron chi connectivity index (χ1n) is 7.56. The van der Waals surface area contributed by atoms with Crippen molar-refractivity contribution in [3.63, 3.8) is 0 Å². The van der Waals surface area contributed by atoms with E-state index in [1.807, 2.05) is 45.0 Å². The molecule has 0 aliphatic carbocycles. The summed E-state index contributed by atoms with van der Waals surface area (Å²) in [6.45, 7) is 5.98. The Bertz CT molecular complexity index is 915. The van der Waals surface area contributed by atoms with Crippen molar-refractivity contribution < 1.29 is 9.32 Å². The number of anilines is 1. The fraction of sp³-hybridized carbons (Fsp3) is 0.158. The van der Waals surface area contributed by atoms with Crippen molar-refractivity contribution in [3.05, 3.63) is 69.9 Å². The van der Waals surface area contributed by atoms with Gasteiger partial charge in [-0.1, -0.05) is 35.0 Å². The molecule has 0 saturated heterocycles. The highest BCUT2D eigenvalue weighted by Gasteiger charge is 2.15. The zero-order valence-corrected chi connectivity index (χ0v) is 14.4. The minimum absolute atomic E-state index is 0.225. The molecular weight excluding hydrogens is 324 g/mol. The molecule has 24 heavy (non-hydrogen) atoms. The van der Waals surface area contributed by atoms with Crippen molar-refractivity contribution in [1.82, 2.24) is 5.16 Å². The Hall–Kier alpha value is -2.59. The molecule has 5 heteroatoms. The monoisotopic (exact) mass is 340 g/mol. The second-order valence-electron chi connectivity index (χ2n) is 5.79. The molecule has 0 spiro atoms. The van der Waals surface area contributed by atoms with Gasteiger partial charge in [0, 0.05) is 22.3 Å². The molecule has 0 saturated carbocycles. The maximum atomic E-state index is 12.4. The summed E-state index contributed by atoms with van der Waals surface area (Å²) in [5, 5.41) is 7.24. The summed E-state index contributed by atoms with van der Waals surface area (Å²) in [6, 6.07) is 13.0. The van der Waals surface area contributed by atoms with E-state index >= 15 is 0 Å². The fourth-order valence-electron chi connectivity index (χ4n) is 2.33. The van der Waals surface area contributed by atoms with Crippen molar-refractivity contribution in [1.29, 1.82) is 0 Å². The molecule has 0 fully saturated rings. The summed E-state index contributed by atoms with van der Waals surface area (Å²) in [5.41, 5.74) is 5.05. The van der Waals surface area contributed by atoms with Crippen molar-refractivity contribution in [2.24, 2.45) is 0 Å². The summed E-state index contributed by atoms with van der Waals surface area (Å²) < 4.78 is 5.32. The number of aromatic nitrogens is 1. The smallest absolute Gasteiger partial charge is 0.277 e. The molecule has 0 atom stereocenters. The zero-order chi connectivity index (χ0) is 17.3. The van der Waals surface area contributed by atoms with Crippen molar-refractivity contribution in [3.8, 4) is 11.3 Å². The first-order valence-corrected chi connectivity index (χ1v) is 7.93. The number of halogens is 1. The summed E-state index contributed by atoms with van der Waals surface area (Å²) in [5.74, 6) is 0.227. The quantitative estimate of drug-likeness (QED) is 0.715. The maximum Gasteiger partial charge on any atom is 0.277 e. The summed E-state index contributed by atoms with van der Waals surface area (Å²) in [7, 11) is 0. The maximum absolute atomic E-state index is 12.4. The van der Waals surface area contributed by atoms with Crippen LogP contribution in [-0.4, -0.2) is 11.1 Å². The average molecular weight is 341 g/mol. The van der Waals surface area contributed by atoms with Crippen molar-refractivity contribution in [2.45, 2.75) is 20.8 Å². The Kier molecular flexibility index (Phi) is 4.40. The van der Waals surface area contributed by atoms with E-state index in [1.54, 1.807) is 18.2 Å². The lowest BCUT2D eigenvalue weighted by Crippen LogP contribution is -2.13. The van der Waals surface area contributed by atoms with Crippen LogP contribution < -0.4 is 5.32 Å². The van der Waals surface area contributed by atoms with Crippen molar-refractivity contribution >= 4 is 23.2 Å². The SMILES string of the molecule is Cc1ccc(-c2cc(C(=O)Nc3cc(Cl)ccc3C)no2)cc1C. The van der Waals surface area contributed by atoms with Crippen LogP contribution in [-0.2, 0) is 0 Å². The van der Waals surface area contributed by atoms with Gasteiger partial charge in [0.1, 0.15) is 0 Å². The van der Waals surface area contributed by atoms with Crippen LogP contribution in [0.15, 0.2) is 47.0 Å². The van der Waals surface area contributed by atoms with Gasteiger partial charge in [0.25, 0.3) is 5.91 Å². The zero-order valence-electron chi connectivity index (χ0n) is 13.7. The number of nitrogens with zero attached hydrogens (tertiary/aromatic N) is 1. The Balaban J connectivity index is 1.83. The van der Waals surface area contributed by atoms with Gasteiger partial charge in [0.2, 0.25) is 0 Å². The molecule has 3 aromatic rings. The van der Waals surface area contributed by atoms with Gasteiger partial charge in [-0.2, -0.15) is 0 Å².